The molecule has 1 aromatic carbocycles. The number of carbonyl (C=O) groups is 2. The SMILES string of the molecule is COC(=O)c1ccc(F)c(C#CCSC(C)=O)c1. The first kappa shape index (κ1) is 14.3. The summed E-state index contributed by atoms with van der Waals surface area (Å²) in [4.78, 5) is 21.9. The molecule has 1 rings (SSSR count). The first-order chi connectivity index (χ1) is 8.54. The molecule has 0 aliphatic rings. The largest absolute Gasteiger partial charge is 0.465 e. The Morgan fingerprint density at radius 3 is 2.78 bits per heavy atom. The molecule has 0 radical (unpaired) electrons. The van der Waals surface area contributed by atoms with Gasteiger partial charge in [0.15, 0.2) is 5.12 Å². The Balaban J connectivity index is 2.87. The Bertz CT molecular complexity index is 529. The van der Waals surface area contributed by atoms with Gasteiger partial charge >= 0.3 is 5.97 Å². The zero-order valence-corrected chi connectivity index (χ0v) is 10.8. The fourth-order valence-electron chi connectivity index (χ4n) is 1.13. The minimum atomic E-state index is -0.545. The Morgan fingerprint density at radius 1 is 1.44 bits per heavy atom. The van der Waals surface area contributed by atoms with Crippen molar-refractivity contribution in [3.63, 3.8) is 0 Å². The molecule has 94 valence electrons. The van der Waals surface area contributed by atoms with Crippen LogP contribution in [0, 0.1) is 17.7 Å². The lowest BCUT2D eigenvalue weighted by Gasteiger charge is -2.00. The van der Waals surface area contributed by atoms with Crippen LogP contribution in [0.2, 0.25) is 0 Å². The monoisotopic (exact) mass is 266 g/mol. The number of esters is 1. The van der Waals surface area contributed by atoms with Gasteiger partial charge in [-0.15, -0.1) is 0 Å². The predicted molar refractivity (Wildman–Crippen MR) is 67.8 cm³/mol. The number of halogens is 1. The van der Waals surface area contributed by atoms with Crippen molar-refractivity contribution < 1.29 is 18.7 Å². The number of thioether (sulfide) groups is 1. The summed E-state index contributed by atoms with van der Waals surface area (Å²) in [6, 6.07) is 3.82. The summed E-state index contributed by atoms with van der Waals surface area (Å²) in [5, 5.41) is -0.0481. The average Bonchev–Trinajstić information content (AvgIpc) is 2.35. The molecule has 3 nitrogen and oxygen atoms in total. The highest BCUT2D eigenvalue weighted by atomic mass is 32.2. The summed E-state index contributed by atoms with van der Waals surface area (Å²) in [7, 11) is 1.25. The van der Waals surface area contributed by atoms with Gasteiger partial charge in [-0.05, 0) is 18.2 Å². The fraction of sp³-hybridized carbons (Fsp3) is 0.231. The molecule has 5 heteroatoms. The van der Waals surface area contributed by atoms with E-state index in [1.54, 1.807) is 0 Å². The molecule has 0 aliphatic carbocycles. The van der Waals surface area contributed by atoms with Crippen molar-refractivity contribution in [1.29, 1.82) is 0 Å². The lowest BCUT2D eigenvalue weighted by atomic mass is 10.1. The third-order valence-electron chi connectivity index (χ3n) is 1.96. The van der Waals surface area contributed by atoms with Crippen LogP contribution in [0.5, 0.6) is 0 Å². The van der Waals surface area contributed by atoms with E-state index in [1.165, 1.54) is 26.2 Å². The zero-order valence-electron chi connectivity index (χ0n) is 9.95. The lowest BCUT2D eigenvalue weighted by Crippen LogP contribution is -2.02. The predicted octanol–water partition coefficient (Wildman–Crippen LogP) is 2.24. The van der Waals surface area contributed by atoms with Crippen molar-refractivity contribution >= 4 is 22.8 Å². The molecular weight excluding hydrogens is 255 g/mol. The first-order valence-corrected chi connectivity index (χ1v) is 6.03. The van der Waals surface area contributed by atoms with E-state index in [0.717, 1.165) is 17.8 Å². The van der Waals surface area contributed by atoms with E-state index in [9.17, 15) is 14.0 Å². The van der Waals surface area contributed by atoms with Crippen molar-refractivity contribution in [3.05, 3.63) is 35.1 Å². The number of hydrogen-bond acceptors (Lipinski definition) is 4. The summed E-state index contributed by atoms with van der Waals surface area (Å²) in [5.74, 6) is 4.47. The van der Waals surface area contributed by atoms with Crippen LogP contribution < -0.4 is 0 Å². The first-order valence-electron chi connectivity index (χ1n) is 5.04. The molecule has 0 aromatic heterocycles. The van der Waals surface area contributed by atoms with Gasteiger partial charge in [0.25, 0.3) is 0 Å². The van der Waals surface area contributed by atoms with Gasteiger partial charge in [-0.1, -0.05) is 23.6 Å². The van der Waals surface area contributed by atoms with Crippen molar-refractivity contribution in [2.75, 3.05) is 12.9 Å². The van der Waals surface area contributed by atoms with E-state index >= 15 is 0 Å². The Kier molecular flexibility index (Phi) is 5.40. The van der Waals surface area contributed by atoms with E-state index in [2.05, 4.69) is 16.6 Å². The number of rotatable bonds is 2. The molecule has 18 heavy (non-hydrogen) atoms. The lowest BCUT2D eigenvalue weighted by molar-refractivity contribution is -0.109. The van der Waals surface area contributed by atoms with Crippen LogP contribution in [0.25, 0.3) is 0 Å². The summed E-state index contributed by atoms with van der Waals surface area (Å²) < 4.78 is 17.9. The van der Waals surface area contributed by atoms with Gasteiger partial charge in [-0.25, -0.2) is 9.18 Å². The van der Waals surface area contributed by atoms with Crippen molar-refractivity contribution in [3.8, 4) is 11.8 Å². The van der Waals surface area contributed by atoms with Crippen molar-refractivity contribution in [1.82, 2.24) is 0 Å². The smallest absolute Gasteiger partial charge is 0.337 e. The molecule has 0 bridgehead atoms. The quantitative estimate of drug-likeness (QED) is 0.608. The van der Waals surface area contributed by atoms with Crippen LogP contribution in [-0.2, 0) is 9.53 Å². The number of carbonyl (C=O) groups excluding carboxylic acids is 2. The minimum Gasteiger partial charge on any atom is -0.465 e. The van der Waals surface area contributed by atoms with Crippen LogP contribution in [0.1, 0.15) is 22.8 Å². The van der Waals surface area contributed by atoms with Crippen molar-refractivity contribution in [2.45, 2.75) is 6.92 Å². The third-order valence-corrected chi connectivity index (χ3v) is 2.65. The highest BCUT2D eigenvalue weighted by Gasteiger charge is 2.08. The Morgan fingerprint density at radius 2 is 2.17 bits per heavy atom. The number of ether oxygens (including phenoxy) is 1. The number of benzene rings is 1. The number of hydrogen-bond donors (Lipinski definition) is 0. The standard InChI is InChI=1S/C13H11FO3S/c1-9(15)18-7-3-4-10-8-11(13(16)17-2)5-6-12(10)14/h5-6,8H,7H2,1-2H3. The molecule has 0 spiro atoms. The van der Waals surface area contributed by atoms with E-state index < -0.39 is 11.8 Å². The summed E-state index contributed by atoms with van der Waals surface area (Å²) in [5.41, 5.74) is 0.351. The van der Waals surface area contributed by atoms with Crippen LogP contribution in [-0.4, -0.2) is 23.9 Å². The molecule has 0 saturated carbocycles. The van der Waals surface area contributed by atoms with Crippen LogP contribution in [0.3, 0.4) is 0 Å². The van der Waals surface area contributed by atoms with Gasteiger partial charge in [-0.3, -0.25) is 4.79 Å². The maximum Gasteiger partial charge on any atom is 0.337 e. The zero-order chi connectivity index (χ0) is 13.5. The number of methoxy groups -OCH3 is 1. The third kappa shape index (κ3) is 4.22. The molecule has 0 aliphatic heterocycles. The van der Waals surface area contributed by atoms with Gasteiger partial charge in [-0.2, -0.15) is 0 Å². The molecule has 0 unspecified atom stereocenters. The van der Waals surface area contributed by atoms with Crippen LogP contribution >= 0.6 is 11.8 Å². The van der Waals surface area contributed by atoms with Gasteiger partial charge in [0.05, 0.1) is 24.0 Å². The molecule has 0 amide bonds. The Hall–Kier alpha value is -1.80. The maximum absolute atomic E-state index is 13.4. The second-order valence-electron chi connectivity index (χ2n) is 3.27. The van der Waals surface area contributed by atoms with E-state index in [-0.39, 0.29) is 22.0 Å². The fourth-order valence-corrected chi connectivity index (χ4v) is 1.48. The molecule has 0 fully saturated rings. The molecule has 0 saturated heterocycles. The molecule has 0 heterocycles. The van der Waals surface area contributed by atoms with E-state index in [1.807, 2.05) is 0 Å². The summed E-state index contributed by atoms with van der Waals surface area (Å²) in [6.07, 6.45) is 0. The van der Waals surface area contributed by atoms with Gasteiger partial charge < -0.3 is 4.74 Å². The van der Waals surface area contributed by atoms with Crippen molar-refractivity contribution in [2.24, 2.45) is 0 Å². The van der Waals surface area contributed by atoms with E-state index in [0.29, 0.717) is 0 Å². The highest BCUT2D eigenvalue weighted by Crippen LogP contribution is 2.10. The van der Waals surface area contributed by atoms with Gasteiger partial charge in [0, 0.05) is 6.92 Å². The highest BCUT2D eigenvalue weighted by molar-refractivity contribution is 8.13. The van der Waals surface area contributed by atoms with E-state index in [4.69, 9.17) is 0 Å². The Labute approximate surface area is 109 Å². The summed E-state index contributed by atoms with van der Waals surface area (Å²) >= 11 is 1.04. The molecule has 0 N–H and O–H groups in total. The molecule has 1 aromatic rings. The van der Waals surface area contributed by atoms with Gasteiger partial charge in [0.2, 0.25) is 0 Å². The van der Waals surface area contributed by atoms with Crippen LogP contribution in [0.4, 0.5) is 4.39 Å². The minimum absolute atomic E-state index is 0.0481. The molecule has 0 atom stereocenters. The van der Waals surface area contributed by atoms with Crippen LogP contribution in [0.15, 0.2) is 18.2 Å². The normalized spacial score (nSPS) is 9.28. The maximum atomic E-state index is 13.4. The topological polar surface area (TPSA) is 43.4 Å². The van der Waals surface area contributed by atoms with Gasteiger partial charge in [0.1, 0.15) is 5.82 Å². The second-order valence-corrected chi connectivity index (χ2v) is 4.42. The molecular formula is C13H11FO3S. The summed E-state index contributed by atoms with van der Waals surface area (Å²) in [6.45, 7) is 1.44. The average molecular weight is 266 g/mol. The second kappa shape index (κ2) is 6.82.